The van der Waals surface area contributed by atoms with Crippen molar-refractivity contribution in [2.45, 2.75) is 69.7 Å². The number of rotatable bonds is 5. The molecule has 3 aromatic heterocycles. The van der Waals surface area contributed by atoms with E-state index in [9.17, 15) is 22.0 Å². The fraction of sp³-hybridized carbons (Fsp3) is 0.414. The number of hydrogen-bond donors (Lipinski definition) is 0. The Morgan fingerprint density at radius 3 is 2.33 bits per heavy atom. The van der Waals surface area contributed by atoms with Crippen LogP contribution in [0, 0.1) is 6.92 Å². The lowest BCUT2D eigenvalue weighted by Crippen LogP contribution is -2.56. The van der Waals surface area contributed by atoms with Gasteiger partial charge >= 0.3 is 12.6 Å². The number of piperazine rings is 1. The summed E-state index contributed by atoms with van der Waals surface area (Å²) in [5.41, 5.74) is 1.60. The lowest BCUT2D eigenvalue weighted by molar-refractivity contribution is 0.0123. The summed E-state index contributed by atoms with van der Waals surface area (Å²) in [7, 11) is -4.18. The molecule has 2 bridgehead atoms. The van der Waals surface area contributed by atoms with Gasteiger partial charge in [0.25, 0.3) is 10.0 Å². The van der Waals surface area contributed by atoms with Gasteiger partial charge in [-0.2, -0.15) is 13.9 Å². The van der Waals surface area contributed by atoms with Crippen molar-refractivity contribution in [1.82, 2.24) is 23.6 Å². The second-order valence-electron chi connectivity index (χ2n) is 11.8. The van der Waals surface area contributed by atoms with Crippen LogP contribution in [0.2, 0.25) is 0 Å². The largest absolute Gasteiger partial charge is 0.444 e. The molecule has 2 aliphatic rings. The third-order valence-corrected chi connectivity index (χ3v) is 9.44. The normalized spacial score (nSPS) is 19.2. The van der Waals surface area contributed by atoms with Gasteiger partial charge in [0.05, 0.1) is 28.9 Å². The van der Waals surface area contributed by atoms with Crippen LogP contribution in [0.5, 0.6) is 0 Å². The third-order valence-electron chi connectivity index (χ3n) is 7.72. The van der Waals surface area contributed by atoms with E-state index in [1.165, 1.54) is 18.3 Å². The Balaban J connectivity index is 1.45. The Morgan fingerprint density at radius 2 is 1.74 bits per heavy atom. The molecule has 2 fully saturated rings. The molecule has 2 atom stereocenters. The van der Waals surface area contributed by atoms with E-state index in [1.54, 1.807) is 24.4 Å². The molecule has 2 unspecified atom stereocenters. The van der Waals surface area contributed by atoms with Crippen LogP contribution in [0.4, 0.5) is 19.3 Å². The van der Waals surface area contributed by atoms with Gasteiger partial charge in [-0.25, -0.2) is 26.9 Å². The van der Waals surface area contributed by atoms with Gasteiger partial charge in [-0.3, -0.25) is 4.90 Å². The average Bonchev–Trinajstić information content (AvgIpc) is 3.62. The monoisotopic (exact) mass is 598 g/mol. The summed E-state index contributed by atoms with van der Waals surface area (Å²) >= 11 is 0. The number of alkyl halides is 2. The van der Waals surface area contributed by atoms with E-state index in [-0.39, 0.29) is 40.0 Å². The number of ether oxygens (including phenoxy) is 1. The fourth-order valence-electron chi connectivity index (χ4n) is 5.89. The first-order valence-corrected chi connectivity index (χ1v) is 15.2. The van der Waals surface area contributed by atoms with E-state index in [4.69, 9.17) is 4.74 Å². The van der Waals surface area contributed by atoms with Gasteiger partial charge in [0.2, 0.25) is 0 Å². The quantitative estimate of drug-likeness (QED) is 0.302. The van der Waals surface area contributed by atoms with Crippen molar-refractivity contribution in [2.75, 3.05) is 18.0 Å². The number of fused-ring (bicyclic) bond motifs is 3. The van der Waals surface area contributed by atoms with Crippen LogP contribution in [0.15, 0.2) is 59.9 Å². The fourth-order valence-corrected chi connectivity index (χ4v) is 7.37. The van der Waals surface area contributed by atoms with E-state index in [2.05, 4.69) is 15.0 Å². The molecule has 0 N–H and O–H groups in total. The zero-order valence-electron chi connectivity index (χ0n) is 23.7. The maximum Gasteiger partial charge on any atom is 0.410 e. The molecule has 0 saturated carbocycles. The molecule has 2 saturated heterocycles. The molecule has 4 aromatic rings. The van der Waals surface area contributed by atoms with Crippen molar-refractivity contribution >= 4 is 32.8 Å². The van der Waals surface area contributed by atoms with Gasteiger partial charge < -0.3 is 9.64 Å². The van der Waals surface area contributed by atoms with Crippen LogP contribution >= 0.6 is 0 Å². The number of aryl methyl sites for hydroxylation is 1. The molecular weight excluding hydrogens is 566 g/mol. The van der Waals surface area contributed by atoms with Gasteiger partial charge in [0.15, 0.2) is 5.65 Å². The molecule has 222 valence electrons. The van der Waals surface area contributed by atoms with Crippen molar-refractivity contribution in [2.24, 2.45) is 0 Å². The first kappa shape index (κ1) is 28.1. The Morgan fingerprint density at radius 1 is 1.07 bits per heavy atom. The van der Waals surface area contributed by atoms with Crippen LogP contribution < -0.4 is 4.90 Å². The van der Waals surface area contributed by atoms with Crippen LogP contribution in [0.3, 0.4) is 0 Å². The van der Waals surface area contributed by atoms with Crippen molar-refractivity contribution in [3.8, 4) is 11.3 Å². The molecule has 0 spiro atoms. The lowest BCUT2D eigenvalue weighted by atomic mass is 10.1. The smallest absolute Gasteiger partial charge is 0.410 e. The van der Waals surface area contributed by atoms with Gasteiger partial charge in [-0.1, -0.05) is 17.7 Å². The number of hydrogen-bond acceptors (Lipinski definition) is 7. The van der Waals surface area contributed by atoms with E-state index < -0.39 is 22.2 Å². The molecule has 1 amide bonds. The average molecular weight is 599 g/mol. The highest BCUT2D eigenvalue weighted by Gasteiger charge is 2.44. The van der Waals surface area contributed by atoms with Crippen molar-refractivity contribution < 1.29 is 26.7 Å². The second-order valence-corrected chi connectivity index (χ2v) is 13.6. The SMILES string of the molecule is Cc1ccc(S(=O)(=O)n2c(-c3cnn(C(F)F)c3)cc3c(N4CC5CCC(C4)N5C(=O)OC(C)(C)C)ccnc32)cc1. The zero-order valence-corrected chi connectivity index (χ0v) is 24.6. The summed E-state index contributed by atoms with van der Waals surface area (Å²) in [6.45, 7) is 5.57. The first-order chi connectivity index (χ1) is 19.8. The number of pyridine rings is 1. The number of amides is 1. The number of benzene rings is 1. The van der Waals surface area contributed by atoms with Crippen LogP contribution in [-0.4, -0.2) is 68.9 Å². The maximum atomic E-state index is 14.1. The van der Waals surface area contributed by atoms with E-state index in [1.807, 2.05) is 38.7 Å². The molecular formula is C29H32F2N6O4S. The van der Waals surface area contributed by atoms with Gasteiger partial charge in [-0.15, -0.1) is 0 Å². The van der Waals surface area contributed by atoms with Crippen molar-refractivity contribution in [1.29, 1.82) is 0 Å². The van der Waals surface area contributed by atoms with Crippen LogP contribution in [-0.2, 0) is 14.8 Å². The predicted molar refractivity (Wildman–Crippen MR) is 153 cm³/mol. The zero-order chi connectivity index (χ0) is 30.0. The van der Waals surface area contributed by atoms with Crippen molar-refractivity contribution in [3.63, 3.8) is 0 Å². The number of aromatic nitrogens is 4. The molecule has 2 aliphatic heterocycles. The standard InChI is InChI=1S/C29H32F2N6O4S/c1-18-5-9-22(10-6-18)42(39,40)37-25(19-14-33-35(15-19)27(30)31)13-23-24(11-12-32-26(23)37)34-16-20-7-8-21(17-34)36(20)28(38)41-29(2,3)4/h5-6,9-15,20-21,27H,7-8,16-17H2,1-4H3. The van der Waals surface area contributed by atoms with E-state index >= 15 is 0 Å². The van der Waals surface area contributed by atoms with Crippen molar-refractivity contribution in [3.05, 3.63) is 60.6 Å². The molecule has 10 nitrogen and oxygen atoms in total. The summed E-state index contributed by atoms with van der Waals surface area (Å²) in [6, 6.07) is 9.78. The minimum Gasteiger partial charge on any atom is -0.444 e. The summed E-state index contributed by atoms with van der Waals surface area (Å²) in [5.74, 6) is 0. The third kappa shape index (κ3) is 4.89. The van der Waals surface area contributed by atoms with Crippen LogP contribution in [0.1, 0.15) is 45.7 Å². The number of halogens is 2. The predicted octanol–water partition coefficient (Wildman–Crippen LogP) is 5.43. The Hall–Kier alpha value is -4.00. The Labute approximate surface area is 242 Å². The number of carbonyl (C=O) groups excluding carboxylic acids is 1. The highest BCUT2D eigenvalue weighted by atomic mass is 32.2. The minimum atomic E-state index is -4.18. The second kappa shape index (κ2) is 10.1. The molecule has 0 aliphatic carbocycles. The minimum absolute atomic E-state index is 0.0457. The summed E-state index contributed by atoms with van der Waals surface area (Å²) in [4.78, 5) is 21.5. The molecule has 5 heterocycles. The van der Waals surface area contributed by atoms with Gasteiger partial charge in [0.1, 0.15) is 5.60 Å². The molecule has 13 heteroatoms. The molecule has 1 aromatic carbocycles. The molecule has 6 rings (SSSR count). The molecule has 42 heavy (non-hydrogen) atoms. The number of nitrogens with zero attached hydrogens (tertiary/aromatic N) is 6. The Bertz CT molecular complexity index is 1750. The van der Waals surface area contributed by atoms with Gasteiger partial charge in [-0.05, 0) is 64.8 Å². The summed E-state index contributed by atoms with van der Waals surface area (Å²) < 4.78 is 62.2. The van der Waals surface area contributed by atoms with E-state index in [0.717, 1.165) is 34.3 Å². The number of anilines is 1. The summed E-state index contributed by atoms with van der Waals surface area (Å²) in [6.07, 6.45) is 5.22. The highest BCUT2D eigenvalue weighted by molar-refractivity contribution is 7.90. The van der Waals surface area contributed by atoms with Crippen LogP contribution in [0.25, 0.3) is 22.3 Å². The van der Waals surface area contributed by atoms with Gasteiger partial charge in [0, 0.05) is 42.1 Å². The maximum absolute atomic E-state index is 14.1. The topological polar surface area (TPSA) is 103 Å². The van der Waals surface area contributed by atoms with E-state index in [0.29, 0.717) is 23.2 Å². The highest BCUT2D eigenvalue weighted by Crippen LogP contribution is 2.39. The Kier molecular flexibility index (Phi) is 6.75. The first-order valence-electron chi connectivity index (χ1n) is 13.7. The summed E-state index contributed by atoms with van der Waals surface area (Å²) in [5, 5.41) is 4.29. The lowest BCUT2D eigenvalue weighted by Gasteiger charge is -2.42. The molecule has 0 radical (unpaired) electrons. The number of carbonyl (C=O) groups is 1.